The fourth-order valence-electron chi connectivity index (χ4n) is 2.25. The zero-order valence-electron chi connectivity index (χ0n) is 14.7. The number of aromatic hydroxyl groups is 1. The van der Waals surface area contributed by atoms with Gasteiger partial charge in [0.15, 0.2) is 6.61 Å². The molecule has 0 saturated carbocycles. The molecule has 0 fully saturated rings. The highest BCUT2D eigenvalue weighted by Gasteiger charge is 2.18. The summed E-state index contributed by atoms with van der Waals surface area (Å²) >= 11 is 6.57. The molecule has 1 amide bonds. The zero-order valence-corrected chi connectivity index (χ0v) is 17.9. The first-order valence-corrected chi connectivity index (χ1v) is 9.49. The molecule has 26 heavy (non-hydrogen) atoms. The Morgan fingerprint density at radius 1 is 1.27 bits per heavy atom. The third-order valence-electron chi connectivity index (χ3n) is 3.50. The summed E-state index contributed by atoms with van der Waals surface area (Å²) in [5.41, 5.74) is 3.79. The predicted octanol–water partition coefficient (Wildman–Crippen LogP) is 4.74. The van der Waals surface area contributed by atoms with Crippen LogP contribution in [0.25, 0.3) is 0 Å². The van der Waals surface area contributed by atoms with Crippen molar-refractivity contribution in [2.75, 3.05) is 6.61 Å². The number of halogens is 2. The molecule has 2 aromatic carbocycles. The van der Waals surface area contributed by atoms with E-state index < -0.39 is 5.91 Å². The number of phenolic OH excluding ortho intramolecular Hbond substituents is 1. The minimum Gasteiger partial charge on any atom is -0.506 e. The van der Waals surface area contributed by atoms with Crippen molar-refractivity contribution >= 4 is 44.0 Å². The standard InChI is InChI=1S/C19H20Br2N2O3/c1-19(2,3)14-6-4-5-7-16(14)26-11-17(24)23-22-10-12-8-13(20)9-15(21)18(12)25/h4-10,25H,11H2,1-3H3,(H,23,24). The Balaban J connectivity index is 1.97. The summed E-state index contributed by atoms with van der Waals surface area (Å²) in [6.45, 7) is 6.10. The molecule has 0 aliphatic carbocycles. The van der Waals surface area contributed by atoms with Gasteiger partial charge in [0.2, 0.25) is 0 Å². The molecule has 0 aliphatic heterocycles. The van der Waals surface area contributed by atoms with E-state index in [9.17, 15) is 9.90 Å². The van der Waals surface area contributed by atoms with Crippen LogP contribution < -0.4 is 10.2 Å². The SMILES string of the molecule is CC(C)(C)c1ccccc1OCC(=O)NN=Cc1cc(Br)cc(Br)c1O. The number of para-hydroxylation sites is 1. The monoisotopic (exact) mass is 482 g/mol. The number of amides is 1. The van der Waals surface area contributed by atoms with Gasteiger partial charge in [-0.3, -0.25) is 4.79 Å². The lowest BCUT2D eigenvalue weighted by Gasteiger charge is -2.22. The van der Waals surface area contributed by atoms with Crippen LogP contribution in [-0.4, -0.2) is 23.8 Å². The topological polar surface area (TPSA) is 70.9 Å². The third-order valence-corrected chi connectivity index (χ3v) is 4.57. The average Bonchev–Trinajstić information content (AvgIpc) is 2.56. The van der Waals surface area contributed by atoms with E-state index in [0.29, 0.717) is 15.8 Å². The number of hydrogen-bond donors (Lipinski definition) is 2. The molecule has 2 rings (SSSR count). The predicted molar refractivity (Wildman–Crippen MR) is 110 cm³/mol. The first-order chi connectivity index (χ1) is 12.2. The molecule has 0 unspecified atom stereocenters. The number of nitrogens with one attached hydrogen (secondary N) is 1. The second-order valence-corrected chi connectivity index (χ2v) is 8.42. The lowest BCUT2D eigenvalue weighted by atomic mass is 9.86. The summed E-state index contributed by atoms with van der Waals surface area (Å²) in [5, 5.41) is 13.8. The highest BCUT2D eigenvalue weighted by Crippen LogP contribution is 2.31. The largest absolute Gasteiger partial charge is 0.506 e. The fourth-order valence-corrected chi connectivity index (χ4v) is 3.50. The summed E-state index contributed by atoms with van der Waals surface area (Å²) in [6.07, 6.45) is 1.37. The first-order valence-electron chi connectivity index (χ1n) is 7.90. The summed E-state index contributed by atoms with van der Waals surface area (Å²) in [6, 6.07) is 11.0. The molecule has 5 nitrogen and oxygen atoms in total. The van der Waals surface area contributed by atoms with Crippen LogP contribution in [-0.2, 0) is 10.2 Å². The average molecular weight is 484 g/mol. The van der Waals surface area contributed by atoms with Gasteiger partial charge >= 0.3 is 0 Å². The molecule has 0 heterocycles. The Labute approximate surface area is 169 Å². The quantitative estimate of drug-likeness (QED) is 0.476. The van der Waals surface area contributed by atoms with Crippen molar-refractivity contribution in [2.24, 2.45) is 5.10 Å². The Hall–Kier alpha value is -1.86. The molecular formula is C19H20Br2N2O3. The molecule has 0 saturated heterocycles. The van der Waals surface area contributed by atoms with Crippen LogP contribution in [0.4, 0.5) is 0 Å². The van der Waals surface area contributed by atoms with Crippen molar-refractivity contribution in [1.82, 2.24) is 5.43 Å². The zero-order chi connectivity index (χ0) is 19.3. The van der Waals surface area contributed by atoms with E-state index in [4.69, 9.17) is 4.74 Å². The maximum absolute atomic E-state index is 12.0. The van der Waals surface area contributed by atoms with Gasteiger partial charge < -0.3 is 9.84 Å². The van der Waals surface area contributed by atoms with Crippen LogP contribution in [0.15, 0.2) is 50.4 Å². The Kier molecular flexibility index (Phi) is 6.83. The maximum Gasteiger partial charge on any atom is 0.277 e. The highest BCUT2D eigenvalue weighted by atomic mass is 79.9. The van der Waals surface area contributed by atoms with Crippen molar-refractivity contribution in [3.05, 3.63) is 56.5 Å². The second kappa shape index (κ2) is 8.68. The van der Waals surface area contributed by atoms with Gasteiger partial charge in [0.1, 0.15) is 11.5 Å². The molecular weight excluding hydrogens is 464 g/mol. The van der Waals surface area contributed by atoms with Crippen molar-refractivity contribution in [2.45, 2.75) is 26.2 Å². The van der Waals surface area contributed by atoms with Gasteiger partial charge in [-0.15, -0.1) is 0 Å². The number of phenols is 1. The third kappa shape index (κ3) is 5.57. The number of hydrazone groups is 1. The smallest absolute Gasteiger partial charge is 0.277 e. The first kappa shape index (κ1) is 20.5. The van der Waals surface area contributed by atoms with Gasteiger partial charge in [-0.1, -0.05) is 54.9 Å². The lowest BCUT2D eigenvalue weighted by Crippen LogP contribution is -2.25. The van der Waals surface area contributed by atoms with Gasteiger partial charge in [0.05, 0.1) is 10.7 Å². The van der Waals surface area contributed by atoms with Crippen LogP contribution in [0, 0.1) is 0 Å². The van der Waals surface area contributed by atoms with Gasteiger partial charge in [-0.05, 0) is 45.1 Å². The van der Waals surface area contributed by atoms with Crippen molar-refractivity contribution < 1.29 is 14.6 Å². The molecule has 0 radical (unpaired) electrons. The van der Waals surface area contributed by atoms with E-state index in [1.807, 2.05) is 24.3 Å². The van der Waals surface area contributed by atoms with Gasteiger partial charge in [-0.25, -0.2) is 5.43 Å². The maximum atomic E-state index is 12.0. The molecule has 0 aliphatic rings. The van der Waals surface area contributed by atoms with E-state index in [2.05, 4.69) is 63.2 Å². The van der Waals surface area contributed by atoms with Crippen LogP contribution in [0.5, 0.6) is 11.5 Å². The molecule has 0 bridgehead atoms. The van der Waals surface area contributed by atoms with Gasteiger partial charge in [-0.2, -0.15) is 5.10 Å². The summed E-state index contributed by atoms with van der Waals surface area (Å²) in [7, 11) is 0. The number of benzene rings is 2. The molecule has 0 aromatic heterocycles. The minimum absolute atomic E-state index is 0.0431. The fraction of sp³-hybridized carbons (Fsp3) is 0.263. The molecule has 7 heteroatoms. The van der Waals surface area contributed by atoms with E-state index >= 15 is 0 Å². The molecule has 0 spiro atoms. The summed E-state index contributed by atoms with van der Waals surface area (Å²) in [5.74, 6) is 0.327. The van der Waals surface area contributed by atoms with Crippen LogP contribution in [0.1, 0.15) is 31.9 Å². The van der Waals surface area contributed by atoms with Crippen LogP contribution in [0.2, 0.25) is 0 Å². The molecule has 0 atom stereocenters. The highest BCUT2D eigenvalue weighted by molar-refractivity contribution is 9.11. The molecule has 138 valence electrons. The minimum atomic E-state index is -0.390. The Bertz CT molecular complexity index is 830. The van der Waals surface area contributed by atoms with E-state index in [0.717, 1.165) is 10.0 Å². The summed E-state index contributed by atoms with van der Waals surface area (Å²) < 4.78 is 6.94. The normalized spacial score (nSPS) is 11.6. The van der Waals surface area contributed by atoms with Crippen molar-refractivity contribution in [3.8, 4) is 11.5 Å². The van der Waals surface area contributed by atoms with Crippen molar-refractivity contribution in [1.29, 1.82) is 0 Å². The van der Waals surface area contributed by atoms with E-state index in [-0.39, 0.29) is 17.8 Å². The Morgan fingerprint density at radius 2 is 1.96 bits per heavy atom. The number of carbonyl (C=O) groups is 1. The number of hydrogen-bond acceptors (Lipinski definition) is 4. The van der Waals surface area contributed by atoms with Gasteiger partial charge in [0, 0.05) is 10.0 Å². The van der Waals surface area contributed by atoms with E-state index in [1.165, 1.54) is 6.21 Å². The number of nitrogens with zero attached hydrogens (tertiary/aromatic N) is 1. The second-order valence-electron chi connectivity index (χ2n) is 6.65. The van der Waals surface area contributed by atoms with Crippen LogP contribution in [0.3, 0.4) is 0 Å². The van der Waals surface area contributed by atoms with Crippen LogP contribution >= 0.6 is 31.9 Å². The molecule has 2 aromatic rings. The van der Waals surface area contributed by atoms with Gasteiger partial charge in [0.25, 0.3) is 5.91 Å². The van der Waals surface area contributed by atoms with Crippen molar-refractivity contribution in [3.63, 3.8) is 0 Å². The number of ether oxygens (including phenoxy) is 1. The number of carbonyl (C=O) groups excluding carboxylic acids is 1. The lowest BCUT2D eigenvalue weighted by molar-refractivity contribution is -0.123. The number of rotatable bonds is 5. The van der Waals surface area contributed by atoms with E-state index in [1.54, 1.807) is 12.1 Å². The Morgan fingerprint density at radius 3 is 2.65 bits per heavy atom. The molecule has 2 N–H and O–H groups in total. The summed E-state index contributed by atoms with van der Waals surface area (Å²) in [4.78, 5) is 12.0.